The van der Waals surface area contributed by atoms with Crippen LogP contribution in [0.4, 0.5) is 5.82 Å². The number of aromatic nitrogens is 4. The molecule has 3 rings (SSSR count). The maximum absolute atomic E-state index is 9.13. The van der Waals surface area contributed by atoms with Crippen LogP contribution < -0.4 is 5.32 Å². The highest BCUT2D eigenvalue weighted by Gasteiger charge is 2.29. The first-order chi connectivity index (χ1) is 9.24. The number of halogens is 1. The first-order valence-electron chi connectivity index (χ1n) is 6.07. The molecule has 2 N–H and O–H groups in total. The number of nitrogens with zero attached hydrogens (tertiary/aromatic N) is 4. The van der Waals surface area contributed by atoms with Gasteiger partial charge in [0, 0.05) is 7.05 Å². The van der Waals surface area contributed by atoms with Gasteiger partial charge in [0.05, 0.1) is 12.7 Å². The molecule has 1 saturated heterocycles. The van der Waals surface area contributed by atoms with Crippen molar-refractivity contribution in [2.45, 2.75) is 25.2 Å². The molecular weight excluding hydrogens is 270 g/mol. The summed E-state index contributed by atoms with van der Waals surface area (Å²) < 4.78 is 7.47. The maximum atomic E-state index is 9.13. The Hall–Kier alpha value is -1.44. The Morgan fingerprint density at radius 1 is 1.53 bits per heavy atom. The lowest BCUT2D eigenvalue weighted by Gasteiger charge is -2.14. The summed E-state index contributed by atoms with van der Waals surface area (Å²) in [6, 6.07) is 0. The third kappa shape index (κ3) is 2.03. The molecule has 0 aromatic carbocycles. The quantitative estimate of drug-likeness (QED) is 0.823. The number of aliphatic hydroxyl groups excluding tert-OH is 1. The number of imidazole rings is 1. The molecule has 0 aliphatic carbocycles. The van der Waals surface area contributed by atoms with Crippen LogP contribution in [0.15, 0.2) is 6.33 Å². The molecule has 19 heavy (non-hydrogen) atoms. The van der Waals surface area contributed by atoms with Crippen molar-refractivity contribution in [3.05, 3.63) is 11.6 Å². The van der Waals surface area contributed by atoms with Crippen molar-refractivity contribution in [1.82, 2.24) is 19.5 Å². The van der Waals surface area contributed by atoms with Gasteiger partial charge in [-0.05, 0) is 24.4 Å². The standard InChI is InChI=1S/C11H14ClN5O2/c1-13-9-8-10(15-5-14-9)17(11(12)16-8)7-3-2-6(4-18)19-7/h5-7,18H,2-4H2,1H3,(H,13,14,15). The SMILES string of the molecule is CNc1ncnc2c1nc(Cl)n2C1CCC(CO)O1. The first-order valence-corrected chi connectivity index (χ1v) is 6.45. The van der Waals surface area contributed by atoms with Gasteiger partial charge in [-0.1, -0.05) is 0 Å². The third-order valence-corrected chi connectivity index (χ3v) is 3.51. The molecule has 3 heterocycles. The Morgan fingerprint density at radius 2 is 2.37 bits per heavy atom. The van der Waals surface area contributed by atoms with Crippen LogP contribution in [0.3, 0.4) is 0 Å². The van der Waals surface area contributed by atoms with E-state index in [0.29, 0.717) is 22.3 Å². The number of nitrogens with one attached hydrogen (secondary N) is 1. The number of rotatable bonds is 3. The van der Waals surface area contributed by atoms with Gasteiger partial charge in [-0.25, -0.2) is 15.0 Å². The van der Waals surface area contributed by atoms with E-state index >= 15 is 0 Å². The van der Waals surface area contributed by atoms with Crippen molar-refractivity contribution in [2.24, 2.45) is 0 Å². The number of fused-ring (bicyclic) bond motifs is 1. The minimum atomic E-state index is -0.241. The molecule has 102 valence electrons. The second-order valence-corrected chi connectivity index (χ2v) is 4.71. The highest BCUT2D eigenvalue weighted by Crippen LogP contribution is 2.34. The van der Waals surface area contributed by atoms with E-state index in [1.54, 1.807) is 11.6 Å². The molecule has 7 nitrogen and oxygen atoms in total. The minimum Gasteiger partial charge on any atom is -0.394 e. The Labute approximate surface area is 114 Å². The number of anilines is 1. The van der Waals surface area contributed by atoms with E-state index in [1.807, 2.05) is 0 Å². The van der Waals surface area contributed by atoms with Crippen LogP contribution in [-0.2, 0) is 4.74 Å². The number of ether oxygens (including phenoxy) is 1. The smallest absolute Gasteiger partial charge is 0.207 e. The normalized spacial score (nSPS) is 23.1. The maximum Gasteiger partial charge on any atom is 0.207 e. The van der Waals surface area contributed by atoms with Crippen molar-refractivity contribution < 1.29 is 9.84 Å². The Morgan fingerprint density at radius 3 is 3.05 bits per heavy atom. The zero-order valence-electron chi connectivity index (χ0n) is 10.4. The minimum absolute atomic E-state index is 0.0114. The molecule has 0 radical (unpaired) electrons. The summed E-state index contributed by atoms with van der Waals surface area (Å²) in [5.41, 5.74) is 1.25. The molecular formula is C11H14ClN5O2. The molecule has 2 unspecified atom stereocenters. The second-order valence-electron chi connectivity index (χ2n) is 4.37. The molecule has 8 heteroatoms. The van der Waals surface area contributed by atoms with Crippen molar-refractivity contribution in [2.75, 3.05) is 19.0 Å². The number of hydrogen-bond donors (Lipinski definition) is 2. The number of aliphatic hydroxyl groups is 1. The summed E-state index contributed by atoms with van der Waals surface area (Å²) in [6.07, 6.45) is 2.63. The summed E-state index contributed by atoms with van der Waals surface area (Å²) in [4.78, 5) is 12.6. The number of hydrogen-bond acceptors (Lipinski definition) is 6. The fraction of sp³-hybridized carbons (Fsp3) is 0.545. The van der Waals surface area contributed by atoms with Crippen LogP contribution >= 0.6 is 11.6 Å². The Kier molecular flexibility index (Phi) is 3.26. The summed E-state index contributed by atoms with van der Waals surface area (Å²) in [5.74, 6) is 0.627. The van der Waals surface area contributed by atoms with Crippen molar-refractivity contribution >= 4 is 28.6 Å². The molecule has 0 saturated carbocycles. The molecule has 0 amide bonds. The van der Waals surface area contributed by atoms with Gasteiger partial charge >= 0.3 is 0 Å². The van der Waals surface area contributed by atoms with Crippen LogP contribution in [0.5, 0.6) is 0 Å². The van der Waals surface area contributed by atoms with E-state index in [1.165, 1.54) is 6.33 Å². The van der Waals surface area contributed by atoms with Crippen LogP contribution in [0.2, 0.25) is 5.28 Å². The van der Waals surface area contributed by atoms with Crippen molar-refractivity contribution in [3.63, 3.8) is 0 Å². The van der Waals surface area contributed by atoms with E-state index in [2.05, 4.69) is 20.3 Å². The monoisotopic (exact) mass is 283 g/mol. The zero-order valence-corrected chi connectivity index (χ0v) is 11.1. The van der Waals surface area contributed by atoms with Crippen molar-refractivity contribution in [3.8, 4) is 0 Å². The van der Waals surface area contributed by atoms with E-state index < -0.39 is 0 Å². The lowest BCUT2D eigenvalue weighted by atomic mass is 10.2. The predicted molar refractivity (Wildman–Crippen MR) is 70.1 cm³/mol. The Bertz CT molecular complexity index is 602. The average Bonchev–Trinajstić information content (AvgIpc) is 3.00. The van der Waals surface area contributed by atoms with Gasteiger partial charge in [-0.2, -0.15) is 0 Å². The largest absolute Gasteiger partial charge is 0.394 e. The Balaban J connectivity index is 2.06. The van der Waals surface area contributed by atoms with E-state index in [9.17, 15) is 0 Å². The molecule has 2 aromatic heterocycles. The lowest BCUT2D eigenvalue weighted by Crippen LogP contribution is -2.14. The van der Waals surface area contributed by atoms with Crippen LogP contribution in [0.25, 0.3) is 11.2 Å². The highest BCUT2D eigenvalue weighted by molar-refractivity contribution is 6.29. The molecule has 1 aliphatic rings. The zero-order chi connectivity index (χ0) is 13.4. The van der Waals surface area contributed by atoms with Gasteiger partial charge in [0.2, 0.25) is 5.28 Å². The average molecular weight is 284 g/mol. The second kappa shape index (κ2) is 4.92. The first kappa shape index (κ1) is 12.6. The molecule has 2 aromatic rings. The fourth-order valence-electron chi connectivity index (χ4n) is 2.33. The lowest BCUT2D eigenvalue weighted by molar-refractivity contribution is -0.0205. The molecule has 1 fully saturated rings. The van der Waals surface area contributed by atoms with Gasteiger partial charge in [0.15, 0.2) is 17.0 Å². The van der Waals surface area contributed by atoms with E-state index in [-0.39, 0.29) is 18.9 Å². The topological polar surface area (TPSA) is 85.1 Å². The summed E-state index contributed by atoms with van der Waals surface area (Å²) in [6.45, 7) is 0.0114. The predicted octanol–water partition coefficient (Wildman–Crippen LogP) is 1.19. The fourth-order valence-corrected chi connectivity index (χ4v) is 2.60. The molecule has 1 aliphatic heterocycles. The third-order valence-electron chi connectivity index (χ3n) is 3.25. The van der Waals surface area contributed by atoms with Gasteiger partial charge in [0.1, 0.15) is 12.6 Å². The summed E-state index contributed by atoms with van der Waals surface area (Å²) in [5, 5.41) is 12.4. The summed E-state index contributed by atoms with van der Waals surface area (Å²) in [7, 11) is 1.77. The molecule has 2 atom stereocenters. The van der Waals surface area contributed by atoms with Crippen LogP contribution in [0.1, 0.15) is 19.1 Å². The van der Waals surface area contributed by atoms with Crippen LogP contribution in [0, 0.1) is 0 Å². The van der Waals surface area contributed by atoms with Gasteiger partial charge in [0.25, 0.3) is 0 Å². The van der Waals surface area contributed by atoms with Crippen molar-refractivity contribution in [1.29, 1.82) is 0 Å². The summed E-state index contributed by atoms with van der Waals surface area (Å²) >= 11 is 6.18. The highest BCUT2D eigenvalue weighted by atomic mass is 35.5. The molecule has 0 spiro atoms. The van der Waals surface area contributed by atoms with Gasteiger partial charge in [-0.15, -0.1) is 0 Å². The van der Waals surface area contributed by atoms with Crippen LogP contribution in [-0.4, -0.2) is 44.4 Å². The van der Waals surface area contributed by atoms with Gasteiger partial charge < -0.3 is 15.2 Å². The van der Waals surface area contributed by atoms with Gasteiger partial charge in [-0.3, -0.25) is 4.57 Å². The molecule has 0 bridgehead atoms. The van der Waals surface area contributed by atoms with E-state index in [4.69, 9.17) is 21.4 Å². The van der Waals surface area contributed by atoms with E-state index in [0.717, 1.165) is 12.8 Å².